The van der Waals surface area contributed by atoms with E-state index in [1.54, 1.807) is 30.3 Å². The van der Waals surface area contributed by atoms with Crippen LogP contribution in [0.15, 0.2) is 36.4 Å². The molecule has 2 aliphatic rings. The van der Waals surface area contributed by atoms with Gasteiger partial charge in [-0.15, -0.1) is 0 Å². The van der Waals surface area contributed by atoms with Crippen molar-refractivity contribution >= 4 is 64.4 Å². The van der Waals surface area contributed by atoms with Gasteiger partial charge >= 0.3 is 41.8 Å². The molecule has 0 bridgehead atoms. The number of fused-ring (bicyclic) bond motifs is 1. The number of benzene rings is 2. The van der Waals surface area contributed by atoms with Crippen molar-refractivity contribution < 1.29 is 90.5 Å². The van der Waals surface area contributed by atoms with E-state index in [4.69, 9.17) is 47.4 Å². The Morgan fingerprint density at radius 2 is 0.950 bits per heavy atom. The van der Waals surface area contributed by atoms with E-state index in [0.29, 0.717) is 5.39 Å². The Labute approximate surface area is 342 Å². The molecular formula is C39H46N2O19. The molecule has 2 N–H and O–H groups in total. The number of carbonyl (C=O) groups is 9. The molecular weight excluding hydrogens is 800 g/mol. The minimum atomic E-state index is -1.82. The number of carbonyl (C=O) groups excluding carboxylic acids is 9. The Morgan fingerprint density at radius 3 is 1.40 bits per heavy atom. The first-order valence-corrected chi connectivity index (χ1v) is 18.5. The van der Waals surface area contributed by atoms with E-state index in [0.717, 1.165) is 55.4 Å². The van der Waals surface area contributed by atoms with Gasteiger partial charge in [0.1, 0.15) is 48.8 Å². The van der Waals surface area contributed by atoms with E-state index in [-0.39, 0.29) is 16.7 Å². The second kappa shape index (κ2) is 20.6. The molecule has 2 saturated heterocycles. The maximum Gasteiger partial charge on any atom is 0.344 e. The van der Waals surface area contributed by atoms with E-state index in [9.17, 15) is 43.2 Å². The zero-order valence-electron chi connectivity index (χ0n) is 33.9. The summed E-state index contributed by atoms with van der Waals surface area (Å²) in [4.78, 5) is 113. The first-order valence-electron chi connectivity index (χ1n) is 18.5. The van der Waals surface area contributed by atoms with Crippen LogP contribution in [0.2, 0.25) is 0 Å². The molecule has 10 atom stereocenters. The highest BCUT2D eigenvalue weighted by atomic mass is 16.7. The van der Waals surface area contributed by atoms with Crippen LogP contribution < -0.4 is 15.4 Å². The lowest BCUT2D eigenvalue weighted by Crippen LogP contribution is -2.67. The fourth-order valence-corrected chi connectivity index (χ4v) is 6.60. The average Bonchev–Trinajstić information content (AvgIpc) is 3.13. The molecule has 60 heavy (non-hydrogen) atoms. The third kappa shape index (κ3) is 12.3. The maximum absolute atomic E-state index is 14.4. The summed E-state index contributed by atoms with van der Waals surface area (Å²) in [5, 5.41) is 5.90. The summed E-state index contributed by atoms with van der Waals surface area (Å²) >= 11 is 0. The van der Waals surface area contributed by atoms with Crippen molar-refractivity contribution in [3.8, 4) is 5.75 Å². The Hall–Kier alpha value is -6.35. The third-order valence-electron chi connectivity index (χ3n) is 8.70. The van der Waals surface area contributed by atoms with Crippen molar-refractivity contribution in [1.29, 1.82) is 0 Å². The molecule has 326 valence electrons. The molecule has 0 radical (unpaired) electrons. The van der Waals surface area contributed by atoms with Crippen LogP contribution in [0.1, 0.15) is 65.7 Å². The van der Waals surface area contributed by atoms with E-state index in [1.807, 2.05) is 0 Å². The van der Waals surface area contributed by atoms with Gasteiger partial charge in [0, 0.05) is 60.8 Å². The van der Waals surface area contributed by atoms with Crippen LogP contribution in [0.4, 0.5) is 0 Å². The van der Waals surface area contributed by atoms with Crippen LogP contribution in [0, 0.1) is 0 Å². The average molecular weight is 847 g/mol. The number of hydrogen-bond acceptors (Lipinski definition) is 19. The second-order valence-corrected chi connectivity index (χ2v) is 13.6. The molecule has 0 unspecified atom stereocenters. The number of rotatable bonds is 14. The molecule has 0 aromatic heterocycles. The molecule has 0 aliphatic carbocycles. The summed E-state index contributed by atoms with van der Waals surface area (Å²) < 4.78 is 56.7. The Bertz CT molecular complexity index is 1980. The molecule has 21 nitrogen and oxygen atoms in total. The van der Waals surface area contributed by atoms with Gasteiger partial charge in [-0.25, -0.2) is 4.79 Å². The van der Waals surface area contributed by atoms with Gasteiger partial charge in [-0.1, -0.05) is 30.3 Å². The van der Waals surface area contributed by atoms with Crippen molar-refractivity contribution in [2.75, 3.05) is 13.2 Å². The van der Waals surface area contributed by atoms with Crippen LogP contribution in [0.25, 0.3) is 10.8 Å². The standard InChI is InChI=1S/C39H46N2O19/c1-17(42)40-30-35(55-23(7)48)33(53-21(5)46)28(15-51-19(3)44)57-38(30)59-32-26-12-10-9-11-25(26)13-14-27(32)37(50)60-39-31(41-18(2)43)36(56-24(8)49)34(54-22(6)47)29(58-39)16-52-20(4)45/h9-14,28-31,33-36,38-39H,15-16H2,1-8H3,(H,40,42)(H,41,43)/t28-,29-,30+,31+,33+,34-,35-,36+,38+,39+/m1/s1. The summed E-state index contributed by atoms with van der Waals surface area (Å²) in [5.74, 6) is -7.68. The van der Waals surface area contributed by atoms with E-state index in [1.165, 1.54) is 6.07 Å². The van der Waals surface area contributed by atoms with Crippen LogP contribution in [0.3, 0.4) is 0 Å². The van der Waals surface area contributed by atoms with Gasteiger partial charge in [0.25, 0.3) is 0 Å². The highest BCUT2D eigenvalue weighted by Crippen LogP contribution is 2.36. The van der Waals surface area contributed by atoms with Crippen molar-refractivity contribution in [1.82, 2.24) is 10.6 Å². The maximum atomic E-state index is 14.4. The molecule has 2 aliphatic heterocycles. The largest absolute Gasteiger partial charge is 0.463 e. The second-order valence-electron chi connectivity index (χ2n) is 13.6. The molecule has 2 fully saturated rings. The summed E-state index contributed by atoms with van der Waals surface area (Å²) in [6.45, 7) is 7.61. The topological polar surface area (TPSA) is 270 Å². The van der Waals surface area contributed by atoms with Crippen molar-refractivity contribution in [3.05, 3.63) is 42.0 Å². The van der Waals surface area contributed by atoms with E-state index < -0.39 is 128 Å². The molecule has 2 aromatic carbocycles. The molecule has 0 spiro atoms. The van der Waals surface area contributed by atoms with Crippen molar-refractivity contribution in [2.45, 2.75) is 117 Å². The first-order chi connectivity index (χ1) is 28.2. The van der Waals surface area contributed by atoms with Crippen molar-refractivity contribution in [3.63, 3.8) is 0 Å². The van der Waals surface area contributed by atoms with Crippen molar-refractivity contribution in [2.24, 2.45) is 0 Å². The smallest absolute Gasteiger partial charge is 0.344 e. The minimum absolute atomic E-state index is 0.227. The van der Waals surface area contributed by atoms with Crippen LogP contribution in [-0.4, -0.2) is 128 Å². The number of hydrogen-bond donors (Lipinski definition) is 2. The molecule has 21 heteroatoms. The molecule has 2 amide bonds. The zero-order chi connectivity index (χ0) is 44.4. The van der Waals surface area contributed by atoms with Gasteiger partial charge in [-0.05, 0) is 11.5 Å². The quantitative estimate of drug-likeness (QED) is 0.196. The monoisotopic (exact) mass is 846 g/mol. The molecule has 2 aromatic rings. The third-order valence-corrected chi connectivity index (χ3v) is 8.70. The fourth-order valence-electron chi connectivity index (χ4n) is 6.60. The fraction of sp³-hybridized carbons (Fsp3) is 0.513. The Morgan fingerprint density at radius 1 is 0.517 bits per heavy atom. The molecule has 2 heterocycles. The van der Waals surface area contributed by atoms with Gasteiger partial charge < -0.3 is 58.0 Å². The molecule has 4 rings (SSSR count). The van der Waals surface area contributed by atoms with Crippen LogP contribution in [0.5, 0.6) is 5.75 Å². The number of ether oxygens (including phenoxy) is 10. The first kappa shape index (κ1) is 46.3. The highest BCUT2D eigenvalue weighted by Gasteiger charge is 2.54. The lowest BCUT2D eigenvalue weighted by atomic mass is 9.95. The SMILES string of the molecule is CC(=O)N[C@@H]1[C@H](Oc2c(C(=O)O[C@@H]3O[C@H](COC(C)=O)[C@@H](OC(C)=O)[C@@H](OC(C)=O)[C@@H]3NC(C)=O)ccc3ccccc23)O[C@H](COC(C)=O)[C@H](OC(C)=O)[C@@H]1OC(C)=O. The normalized spacial score (nSPS) is 25.9. The van der Waals surface area contributed by atoms with Gasteiger partial charge in [0.15, 0.2) is 24.4 Å². The number of esters is 7. The lowest BCUT2D eigenvalue weighted by molar-refractivity contribution is -0.264. The van der Waals surface area contributed by atoms with E-state index in [2.05, 4.69) is 10.6 Å². The number of nitrogens with one attached hydrogen (secondary N) is 2. The zero-order valence-corrected chi connectivity index (χ0v) is 33.9. The van der Waals surface area contributed by atoms with E-state index >= 15 is 0 Å². The summed E-state index contributed by atoms with van der Waals surface area (Å²) in [7, 11) is 0. The summed E-state index contributed by atoms with van der Waals surface area (Å²) in [5.41, 5.74) is -0.311. The van der Waals surface area contributed by atoms with Gasteiger partial charge in [-0.2, -0.15) is 0 Å². The summed E-state index contributed by atoms with van der Waals surface area (Å²) in [6, 6.07) is 6.47. The predicted octanol–water partition coefficient (Wildman–Crippen LogP) is 0.688. The molecule has 0 saturated carbocycles. The Balaban J connectivity index is 1.85. The number of amides is 2. The predicted molar refractivity (Wildman–Crippen MR) is 198 cm³/mol. The minimum Gasteiger partial charge on any atom is -0.463 e. The van der Waals surface area contributed by atoms with Gasteiger partial charge in [-0.3, -0.25) is 38.4 Å². The van der Waals surface area contributed by atoms with Gasteiger partial charge in [0.2, 0.25) is 24.4 Å². The lowest BCUT2D eigenvalue weighted by Gasteiger charge is -2.45. The van der Waals surface area contributed by atoms with Crippen LogP contribution >= 0.6 is 0 Å². The summed E-state index contributed by atoms with van der Waals surface area (Å²) in [6.07, 6.45) is -12.3. The highest BCUT2D eigenvalue weighted by molar-refractivity contribution is 6.01. The Kier molecular flexibility index (Phi) is 15.9. The van der Waals surface area contributed by atoms with Crippen LogP contribution in [-0.2, 0) is 81.0 Å². The van der Waals surface area contributed by atoms with Gasteiger partial charge in [0.05, 0.1) is 0 Å².